The molecule has 8 nitrogen and oxygen atoms in total. The number of nitro benzene ring substituents is 2. The number of diazo groups is 1. The number of nitrogens with zero attached hydrogens (tertiary/aromatic N) is 4. The molecule has 0 bridgehead atoms. The molecule has 0 amide bonds. The lowest BCUT2D eigenvalue weighted by Gasteiger charge is -1.89. The van der Waals surface area contributed by atoms with Crippen molar-refractivity contribution in [3.05, 3.63) is 43.4 Å². The monoisotopic (exact) mass is 195 g/mol. The molecule has 1 rings (SSSR count). The van der Waals surface area contributed by atoms with Gasteiger partial charge in [-0.1, -0.05) is 0 Å². The fourth-order valence-corrected chi connectivity index (χ4v) is 0.848. The predicted octanol–water partition coefficient (Wildman–Crippen LogP) is 1.99. The molecule has 0 spiro atoms. The van der Waals surface area contributed by atoms with E-state index in [1.54, 1.807) is 0 Å². The first-order chi connectivity index (χ1) is 6.54. The van der Waals surface area contributed by atoms with Crippen molar-refractivity contribution in [2.24, 2.45) is 0 Å². The van der Waals surface area contributed by atoms with Crippen molar-refractivity contribution in [2.45, 2.75) is 0 Å². The van der Waals surface area contributed by atoms with Crippen LogP contribution in [0.15, 0.2) is 18.2 Å². The summed E-state index contributed by atoms with van der Waals surface area (Å²) in [4.78, 5) is 21.6. The number of non-ortho nitro benzene ring substituents is 2. The second kappa shape index (κ2) is 3.44. The van der Waals surface area contributed by atoms with Gasteiger partial charge in [0.15, 0.2) is 4.98 Å². The largest absolute Gasteiger partial charge is 0.398 e. The quantitative estimate of drug-likeness (QED) is 0.406. The first-order valence-electron chi connectivity index (χ1n) is 3.33. The van der Waals surface area contributed by atoms with Gasteiger partial charge < -0.3 is 0 Å². The van der Waals surface area contributed by atoms with E-state index in [4.69, 9.17) is 5.39 Å². The van der Waals surface area contributed by atoms with Crippen molar-refractivity contribution in [1.29, 1.82) is 5.39 Å². The molecule has 0 radical (unpaired) electrons. The fraction of sp³-hybridized carbons (Fsp3) is 0. The van der Waals surface area contributed by atoms with E-state index in [9.17, 15) is 20.2 Å². The van der Waals surface area contributed by atoms with Crippen LogP contribution in [0.2, 0.25) is 0 Å². The Bertz CT molecular complexity index is 417. The molecule has 0 aliphatic rings. The van der Waals surface area contributed by atoms with Crippen molar-refractivity contribution in [3.8, 4) is 0 Å². The van der Waals surface area contributed by atoms with E-state index in [0.717, 1.165) is 18.2 Å². The fourth-order valence-electron chi connectivity index (χ4n) is 0.848. The van der Waals surface area contributed by atoms with Crippen LogP contribution in [0.3, 0.4) is 0 Å². The van der Waals surface area contributed by atoms with Gasteiger partial charge in [0.25, 0.3) is 11.4 Å². The molecule has 0 atom stereocenters. The lowest BCUT2D eigenvalue weighted by Crippen LogP contribution is -1.91. The van der Waals surface area contributed by atoms with E-state index in [2.05, 4.69) is 4.98 Å². The number of benzene rings is 1. The lowest BCUT2D eigenvalue weighted by atomic mass is 10.2. The number of hydrogen-bond acceptors (Lipinski definition) is 5. The Kier molecular flexibility index (Phi) is 2.34. The average molecular weight is 195 g/mol. The summed E-state index contributed by atoms with van der Waals surface area (Å²) in [5, 5.41) is 28.9. The predicted molar refractivity (Wildman–Crippen MR) is 44.5 cm³/mol. The van der Waals surface area contributed by atoms with Crippen LogP contribution in [0.25, 0.3) is 4.98 Å². The maximum Gasteiger partial charge on any atom is 0.398 e. The van der Waals surface area contributed by atoms with E-state index in [-0.39, 0.29) is 5.69 Å². The maximum absolute atomic E-state index is 10.3. The third kappa shape index (κ3) is 1.78. The zero-order chi connectivity index (χ0) is 10.7. The first-order valence-corrected chi connectivity index (χ1v) is 3.33. The van der Waals surface area contributed by atoms with E-state index < -0.39 is 21.2 Å². The zero-order valence-electron chi connectivity index (χ0n) is 6.65. The Morgan fingerprint density at radius 2 is 1.50 bits per heavy atom. The highest BCUT2D eigenvalue weighted by atomic mass is 16.6. The van der Waals surface area contributed by atoms with Gasteiger partial charge in [0.1, 0.15) is 12.1 Å². The SMILES string of the molecule is N#[N+]c1cc([N+](=O)[O-])cc([N+](=O)[O-])c1. The smallest absolute Gasteiger partial charge is 0.258 e. The Morgan fingerprint density at radius 1 is 1.07 bits per heavy atom. The molecule has 0 unspecified atom stereocenters. The van der Waals surface area contributed by atoms with Crippen LogP contribution < -0.4 is 0 Å². The molecular formula is C6H3N4O4+. The molecule has 14 heavy (non-hydrogen) atoms. The van der Waals surface area contributed by atoms with Gasteiger partial charge in [-0.05, 0) is 0 Å². The van der Waals surface area contributed by atoms with Gasteiger partial charge in [-0.25, -0.2) is 0 Å². The summed E-state index contributed by atoms with van der Waals surface area (Å²) in [6, 6.07) is 2.63. The first kappa shape index (κ1) is 9.53. The number of hydrogen-bond donors (Lipinski definition) is 0. The summed E-state index contributed by atoms with van der Waals surface area (Å²) < 4.78 is 0. The third-order valence-corrected chi connectivity index (χ3v) is 1.42. The third-order valence-electron chi connectivity index (χ3n) is 1.42. The number of rotatable bonds is 2. The molecule has 1 aromatic carbocycles. The maximum atomic E-state index is 10.3. The minimum Gasteiger partial charge on any atom is -0.258 e. The summed E-state index contributed by atoms with van der Waals surface area (Å²) in [5.74, 6) is 0. The molecule has 0 saturated carbocycles. The molecule has 8 heteroatoms. The molecular weight excluding hydrogens is 192 g/mol. The minimum atomic E-state index is -0.804. The van der Waals surface area contributed by atoms with Crippen LogP contribution in [0.1, 0.15) is 0 Å². The molecule has 0 aromatic heterocycles. The molecule has 70 valence electrons. The van der Waals surface area contributed by atoms with E-state index in [0.29, 0.717) is 0 Å². The van der Waals surface area contributed by atoms with Gasteiger partial charge in [-0.2, -0.15) is 0 Å². The highest BCUT2D eigenvalue weighted by Crippen LogP contribution is 2.27. The Labute approximate surface area is 76.7 Å². The van der Waals surface area contributed by atoms with Crippen LogP contribution in [0.4, 0.5) is 17.1 Å². The van der Waals surface area contributed by atoms with Crippen LogP contribution in [0, 0.1) is 25.6 Å². The van der Waals surface area contributed by atoms with Gasteiger partial charge >= 0.3 is 5.69 Å². The van der Waals surface area contributed by atoms with Crippen molar-refractivity contribution in [1.82, 2.24) is 0 Å². The second-order valence-corrected chi connectivity index (χ2v) is 2.32. The second-order valence-electron chi connectivity index (χ2n) is 2.32. The molecule has 1 aromatic rings. The van der Waals surface area contributed by atoms with Crippen molar-refractivity contribution in [3.63, 3.8) is 0 Å². The van der Waals surface area contributed by atoms with Crippen molar-refractivity contribution in [2.75, 3.05) is 0 Å². The van der Waals surface area contributed by atoms with Crippen LogP contribution in [-0.4, -0.2) is 9.85 Å². The summed E-state index contributed by atoms with van der Waals surface area (Å²) in [5.41, 5.74) is -1.22. The summed E-state index contributed by atoms with van der Waals surface area (Å²) >= 11 is 0. The minimum absolute atomic E-state index is 0.231. The summed E-state index contributed by atoms with van der Waals surface area (Å²) in [7, 11) is 0. The standard InChI is InChI=1S/C6H3N4O4/c7-8-4-1-5(9(11)12)3-6(2-4)10(13)14/h1-3H/q+1. The lowest BCUT2D eigenvalue weighted by molar-refractivity contribution is -0.394. The Balaban J connectivity index is 3.36. The summed E-state index contributed by atoms with van der Waals surface area (Å²) in [6.45, 7) is 0. The average Bonchev–Trinajstić information content (AvgIpc) is 2.16. The van der Waals surface area contributed by atoms with Gasteiger partial charge in [-0.3, -0.25) is 20.2 Å². The number of nitro groups is 2. The van der Waals surface area contributed by atoms with Crippen LogP contribution in [-0.2, 0) is 0 Å². The molecule has 0 aliphatic carbocycles. The molecule has 0 fully saturated rings. The molecule has 0 heterocycles. The Hall–Kier alpha value is -2.56. The van der Waals surface area contributed by atoms with Gasteiger partial charge in [0.2, 0.25) is 5.39 Å². The van der Waals surface area contributed by atoms with Gasteiger partial charge in [0, 0.05) is 0 Å². The Morgan fingerprint density at radius 3 is 1.79 bits per heavy atom. The highest BCUT2D eigenvalue weighted by Gasteiger charge is 2.21. The van der Waals surface area contributed by atoms with Crippen LogP contribution in [0.5, 0.6) is 0 Å². The highest BCUT2D eigenvalue weighted by molar-refractivity contribution is 5.59. The van der Waals surface area contributed by atoms with E-state index in [1.165, 1.54) is 0 Å². The van der Waals surface area contributed by atoms with Crippen molar-refractivity contribution >= 4 is 17.1 Å². The van der Waals surface area contributed by atoms with Gasteiger partial charge in [0.05, 0.1) is 15.9 Å². The summed E-state index contributed by atoms with van der Waals surface area (Å²) in [6.07, 6.45) is 0. The molecule has 0 saturated heterocycles. The van der Waals surface area contributed by atoms with E-state index >= 15 is 0 Å². The molecule has 0 N–H and O–H groups in total. The van der Waals surface area contributed by atoms with E-state index in [1.807, 2.05) is 0 Å². The van der Waals surface area contributed by atoms with Crippen LogP contribution >= 0.6 is 0 Å². The normalized spacial score (nSPS) is 9.07. The van der Waals surface area contributed by atoms with Gasteiger partial charge in [-0.15, -0.1) is 0 Å². The molecule has 0 aliphatic heterocycles. The van der Waals surface area contributed by atoms with Crippen molar-refractivity contribution < 1.29 is 9.85 Å². The topological polar surface area (TPSA) is 114 Å². The zero-order valence-corrected chi connectivity index (χ0v) is 6.65.